The monoisotopic (exact) mass is 578 g/mol. The number of amides is 3. The van der Waals surface area contributed by atoms with Gasteiger partial charge < -0.3 is 20.9 Å². The van der Waals surface area contributed by atoms with Crippen LogP contribution in [0.5, 0.6) is 0 Å². The molecule has 1 aromatic carbocycles. The number of nitrogens with zero attached hydrogens (tertiary/aromatic N) is 3. The van der Waals surface area contributed by atoms with Crippen molar-refractivity contribution in [1.29, 1.82) is 10.7 Å². The molecule has 41 heavy (non-hydrogen) atoms. The lowest BCUT2D eigenvalue weighted by Crippen LogP contribution is -2.49. The van der Waals surface area contributed by atoms with Crippen LogP contribution in [0.1, 0.15) is 37.3 Å². The highest BCUT2D eigenvalue weighted by Gasteiger charge is 2.56. The fourth-order valence-electron chi connectivity index (χ4n) is 4.51. The molecular weight excluding hydrogens is 548 g/mol. The summed E-state index contributed by atoms with van der Waals surface area (Å²) in [6, 6.07) is 13.3. The molecule has 1 fully saturated rings. The molecule has 1 aromatic heterocycles. The quantitative estimate of drug-likeness (QED) is 0.245. The number of nitrogens with one attached hydrogen (secondary N) is 5. The summed E-state index contributed by atoms with van der Waals surface area (Å²) in [5.41, 5.74) is 1.21. The number of nitriles is 1. The van der Waals surface area contributed by atoms with Crippen LogP contribution < -0.4 is 20.7 Å². The average molecular weight is 579 g/mol. The van der Waals surface area contributed by atoms with E-state index in [0.717, 1.165) is 5.56 Å². The first-order valence-corrected chi connectivity index (χ1v) is 14.3. The number of pyridine rings is 1. The van der Waals surface area contributed by atoms with Gasteiger partial charge in [0.2, 0.25) is 15.9 Å². The zero-order valence-corrected chi connectivity index (χ0v) is 23.4. The van der Waals surface area contributed by atoms with Gasteiger partial charge in [0.1, 0.15) is 27.8 Å². The summed E-state index contributed by atoms with van der Waals surface area (Å²) in [5, 5.41) is 25.3. The molecule has 1 aliphatic carbocycles. The second-order valence-corrected chi connectivity index (χ2v) is 11.9. The highest BCUT2D eigenvalue weighted by atomic mass is 32.2. The molecule has 2 aromatic rings. The number of sulfonamides is 1. The Hall–Kier alpha value is -4.77. The first-order chi connectivity index (χ1) is 19.5. The lowest BCUT2D eigenvalue weighted by Gasteiger charge is -2.33. The van der Waals surface area contributed by atoms with E-state index in [9.17, 15) is 22.8 Å². The Morgan fingerprint density at radius 2 is 1.83 bits per heavy atom. The molecule has 2 heterocycles. The Morgan fingerprint density at radius 1 is 1.15 bits per heavy atom. The van der Waals surface area contributed by atoms with Crippen LogP contribution in [0.4, 0.5) is 11.6 Å². The van der Waals surface area contributed by atoms with Gasteiger partial charge in [-0.05, 0) is 49.1 Å². The van der Waals surface area contributed by atoms with Gasteiger partial charge >= 0.3 is 0 Å². The summed E-state index contributed by atoms with van der Waals surface area (Å²) in [5.74, 6) is -1.24. The Bertz CT molecular complexity index is 1570. The second-order valence-electron chi connectivity index (χ2n) is 9.82. The molecule has 4 rings (SSSR count). The molecule has 0 saturated heterocycles. The highest BCUT2D eigenvalue weighted by Crippen LogP contribution is 2.45. The molecule has 2 aliphatic rings. The molecule has 3 amide bonds. The number of hydrogen-bond acceptors (Lipinski definition) is 9. The van der Waals surface area contributed by atoms with Crippen molar-refractivity contribution in [2.75, 3.05) is 30.2 Å². The lowest BCUT2D eigenvalue weighted by molar-refractivity contribution is -0.128. The molecule has 5 N–H and O–H groups in total. The summed E-state index contributed by atoms with van der Waals surface area (Å²) in [6.45, 7) is 1.53. The van der Waals surface area contributed by atoms with Gasteiger partial charge in [-0.1, -0.05) is 18.2 Å². The van der Waals surface area contributed by atoms with Crippen molar-refractivity contribution in [2.24, 2.45) is 0 Å². The first-order valence-electron chi connectivity index (χ1n) is 12.8. The van der Waals surface area contributed by atoms with Crippen molar-refractivity contribution in [1.82, 2.24) is 20.5 Å². The molecule has 13 nitrogen and oxygen atoms in total. The predicted molar refractivity (Wildman–Crippen MR) is 151 cm³/mol. The maximum atomic E-state index is 13.4. The van der Waals surface area contributed by atoms with Crippen LogP contribution in [0.3, 0.4) is 0 Å². The Morgan fingerprint density at radius 3 is 2.44 bits per heavy atom. The highest BCUT2D eigenvalue weighted by molar-refractivity contribution is 7.94. The second kappa shape index (κ2) is 11.8. The molecular formula is C27H30N8O5S. The van der Waals surface area contributed by atoms with Crippen molar-refractivity contribution in [3.05, 3.63) is 64.9 Å². The van der Waals surface area contributed by atoms with E-state index in [1.807, 2.05) is 6.07 Å². The molecule has 214 valence electrons. The maximum Gasteiger partial charge on any atom is 0.270 e. The van der Waals surface area contributed by atoms with E-state index in [4.69, 9.17) is 10.7 Å². The van der Waals surface area contributed by atoms with Gasteiger partial charge in [0.05, 0.1) is 11.6 Å². The SMILES string of the molecule is CNC1=C(C(=N)C(=O)NCc2ccc(C#N)cc2)CCN(CC2(S(=O)(=O)Nc3cccc(NC(C)=O)n3)CC2)C1=O. The van der Waals surface area contributed by atoms with Crippen molar-refractivity contribution >= 4 is 45.1 Å². The summed E-state index contributed by atoms with van der Waals surface area (Å²) in [7, 11) is -2.44. The Balaban J connectivity index is 1.43. The van der Waals surface area contributed by atoms with Crippen molar-refractivity contribution in [3.8, 4) is 6.07 Å². The number of anilines is 2. The standard InChI is InChI=1S/C27H30N8O5S/c1-17(36)32-21-4-3-5-22(33-21)34-41(39,40)27(11-12-27)16-35-13-10-20(24(30-2)26(35)38)23(29)25(37)31-15-19-8-6-18(14-28)7-9-19/h3-9,29-30H,10-13,15-16H2,1-2H3,(H,31,37)(H2,32,33,34,36). The normalized spacial score (nSPS) is 15.9. The van der Waals surface area contributed by atoms with Gasteiger partial charge in [-0.3, -0.25) is 24.5 Å². The number of aromatic nitrogens is 1. The number of benzene rings is 1. The number of rotatable bonds is 11. The van der Waals surface area contributed by atoms with E-state index in [1.54, 1.807) is 30.3 Å². The van der Waals surface area contributed by atoms with Crippen LogP contribution in [0.25, 0.3) is 0 Å². The van der Waals surface area contributed by atoms with Gasteiger partial charge in [-0.15, -0.1) is 0 Å². The number of carbonyl (C=O) groups excluding carboxylic acids is 3. The third-order valence-electron chi connectivity index (χ3n) is 6.90. The topological polar surface area (TPSA) is 197 Å². The third kappa shape index (κ3) is 6.52. The van der Waals surface area contributed by atoms with E-state index in [1.165, 1.54) is 31.0 Å². The number of carbonyl (C=O) groups is 3. The molecule has 0 spiro atoms. The van der Waals surface area contributed by atoms with Crippen molar-refractivity contribution < 1.29 is 22.8 Å². The first kappa shape index (κ1) is 29.2. The van der Waals surface area contributed by atoms with E-state index in [-0.39, 0.29) is 60.6 Å². The zero-order chi connectivity index (χ0) is 29.8. The molecule has 1 saturated carbocycles. The van der Waals surface area contributed by atoms with Gasteiger partial charge in [-0.2, -0.15) is 5.26 Å². The van der Waals surface area contributed by atoms with E-state index in [2.05, 4.69) is 25.7 Å². The van der Waals surface area contributed by atoms with Crippen LogP contribution >= 0.6 is 0 Å². The van der Waals surface area contributed by atoms with Crippen LogP contribution in [0.15, 0.2) is 53.7 Å². The molecule has 0 radical (unpaired) electrons. The van der Waals surface area contributed by atoms with Crippen LogP contribution in [-0.4, -0.2) is 66.6 Å². The molecule has 1 aliphatic heterocycles. The number of hydrogen-bond donors (Lipinski definition) is 5. The summed E-state index contributed by atoms with van der Waals surface area (Å²) in [4.78, 5) is 42.9. The number of likely N-dealkylation sites (N-methyl/N-ethyl adjacent to an activating group) is 1. The molecule has 0 unspecified atom stereocenters. The van der Waals surface area contributed by atoms with Gasteiger partial charge in [-0.25, -0.2) is 13.4 Å². The van der Waals surface area contributed by atoms with Crippen LogP contribution in [0, 0.1) is 16.7 Å². The predicted octanol–water partition coefficient (Wildman–Crippen LogP) is 1.23. The Labute approximate surface area is 237 Å². The third-order valence-corrected chi connectivity index (χ3v) is 9.05. The van der Waals surface area contributed by atoms with E-state index < -0.39 is 26.6 Å². The van der Waals surface area contributed by atoms with Crippen molar-refractivity contribution in [3.63, 3.8) is 0 Å². The van der Waals surface area contributed by atoms with E-state index in [0.29, 0.717) is 18.4 Å². The van der Waals surface area contributed by atoms with Crippen LogP contribution in [-0.2, 0) is 31.0 Å². The molecule has 0 bridgehead atoms. The van der Waals surface area contributed by atoms with E-state index >= 15 is 0 Å². The smallest absolute Gasteiger partial charge is 0.270 e. The largest absolute Gasteiger partial charge is 0.383 e. The Kier molecular flexibility index (Phi) is 8.39. The minimum atomic E-state index is -3.96. The van der Waals surface area contributed by atoms with Crippen molar-refractivity contribution in [2.45, 2.75) is 37.5 Å². The minimum Gasteiger partial charge on any atom is -0.383 e. The summed E-state index contributed by atoms with van der Waals surface area (Å²) >= 11 is 0. The summed E-state index contributed by atoms with van der Waals surface area (Å²) < 4.78 is 27.9. The lowest BCUT2D eigenvalue weighted by atomic mass is 9.98. The minimum absolute atomic E-state index is 0.0473. The molecule has 14 heteroatoms. The van der Waals surface area contributed by atoms with Crippen LogP contribution in [0.2, 0.25) is 0 Å². The zero-order valence-electron chi connectivity index (χ0n) is 22.6. The summed E-state index contributed by atoms with van der Waals surface area (Å²) in [6.07, 6.45) is 0.877. The fraction of sp³-hybridized carbons (Fsp3) is 0.333. The van der Waals surface area contributed by atoms with Gasteiger partial charge in [0.15, 0.2) is 0 Å². The maximum absolute atomic E-state index is 13.4. The fourth-order valence-corrected chi connectivity index (χ4v) is 6.08. The molecule has 0 atom stereocenters. The van der Waals surface area contributed by atoms with Gasteiger partial charge in [0.25, 0.3) is 11.8 Å². The average Bonchev–Trinajstić information content (AvgIpc) is 3.73. The van der Waals surface area contributed by atoms with Gasteiger partial charge in [0, 0.05) is 39.2 Å².